The highest BCUT2D eigenvalue weighted by atomic mass is 35.5. The van der Waals surface area contributed by atoms with Gasteiger partial charge in [0.1, 0.15) is 24.4 Å². The number of aliphatic hydroxyl groups is 3. The zero-order valence-electron chi connectivity index (χ0n) is 8.32. The van der Waals surface area contributed by atoms with E-state index in [1.807, 2.05) is 0 Å². The molecule has 1 aliphatic heterocycles. The molecule has 88 valence electrons. The molecule has 1 aromatic rings. The van der Waals surface area contributed by atoms with Gasteiger partial charge in [0, 0.05) is 23.0 Å². The lowest BCUT2D eigenvalue weighted by Crippen LogP contribution is -2.32. The predicted octanol–water partition coefficient (Wildman–Crippen LogP) is -0.111. The van der Waals surface area contributed by atoms with Crippen molar-refractivity contribution in [3.05, 3.63) is 29.0 Å². The standard InChI is InChI=1S/C10H12ClNO4/c11-6-1-2-12-3-5(6)10-9(15)8(14)7(4-13)16-10/h1-3,7-10,13-15H,4H2/t7-,8-,9-,10-/m1/s1. The van der Waals surface area contributed by atoms with Crippen LogP contribution in [0, 0.1) is 0 Å². The van der Waals surface area contributed by atoms with Gasteiger partial charge in [0.15, 0.2) is 0 Å². The summed E-state index contributed by atoms with van der Waals surface area (Å²) in [5.74, 6) is 0. The van der Waals surface area contributed by atoms with Crippen molar-refractivity contribution in [2.24, 2.45) is 0 Å². The molecule has 5 nitrogen and oxygen atoms in total. The molecule has 0 amide bonds. The minimum Gasteiger partial charge on any atom is -0.394 e. The minimum absolute atomic E-state index is 0.355. The Balaban J connectivity index is 2.26. The summed E-state index contributed by atoms with van der Waals surface area (Å²) in [6, 6.07) is 1.58. The molecule has 1 aliphatic rings. The Morgan fingerprint density at radius 3 is 2.69 bits per heavy atom. The Kier molecular flexibility index (Phi) is 3.41. The Labute approximate surface area is 97.3 Å². The molecule has 0 aliphatic carbocycles. The van der Waals surface area contributed by atoms with E-state index in [1.54, 1.807) is 6.07 Å². The van der Waals surface area contributed by atoms with Gasteiger partial charge < -0.3 is 20.1 Å². The zero-order chi connectivity index (χ0) is 11.7. The third-order valence-electron chi connectivity index (χ3n) is 2.65. The van der Waals surface area contributed by atoms with Crippen LogP contribution >= 0.6 is 11.6 Å². The fourth-order valence-electron chi connectivity index (χ4n) is 1.76. The number of ether oxygens (including phenoxy) is 1. The normalized spacial score (nSPS) is 34.2. The first-order chi connectivity index (χ1) is 7.65. The van der Waals surface area contributed by atoms with E-state index in [2.05, 4.69) is 4.98 Å². The van der Waals surface area contributed by atoms with E-state index in [1.165, 1.54) is 12.4 Å². The quantitative estimate of drug-likeness (QED) is 0.677. The van der Waals surface area contributed by atoms with Gasteiger partial charge in [-0.1, -0.05) is 11.6 Å². The number of aromatic nitrogens is 1. The summed E-state index contributed by atoms with van der Waals surface area (Å²) in [6.07, 6.45) is -0.787. The number of rotatable bonds is 2. The Hall–Kier alpha value is -0.720. The van der Waals surface area contributed by atoms with E-state index in [0.717, 1.165) is 0 Å². The number of halogens is 1. The second-order valence-electron chi connectivity index (χ2n) is 3.66. The number of pyridine rings is 1. The van der Waals surface area contributed by atoms with Gasteiger partial charge in [0.05, 0.1) is 6.61 Å². The third kappa shape index (κ3) is 1.92. The van der Waals surface area contributed by atoms with Crippen LogP contribution in [0.15, 0.2) is 18.5 Å². The summed E-state index contributed by atoms with van der Waals surface area (Å²) in [6.45, 7) is -0.355. The van der Waals surface area contributed by atoms with Crippen molar-refractivity contribution >= 4 is 11.6 Å². The lowest BCUT2D eigenvalue weighted by atomic mass is 10.0. The highest BCUT2D eigenvalue weighted by Gasteiger charge is 2.43. The number of nitrogens with zero attached hydrogens (tertiary/aromatic N) is 1. The molecule has 3 N–H and O–H groups in total. The molecule has 4 atom stereocenters. The van der Waals surface area contributed by atoms with Crippen molar-refractivity contribution in [2.75, 3.05) is 6.61 Å². The maximum absolute atomic E-state index is 9.76. The zero-order valence-corrected chi connectivity index (χ0v) is 9.08. The maximum Gasteiger partial charge on any atom is 0.115 e. The lowest BCUT2D eigenvalue weighted by molar-refractivity contribution is -0.0228. The van der Waals surface area contributed by atoms with Crippen LogP contribution in [0.5, 0.6) is 0 Å². The van der Waals surface area contributed by atoms with E-state index in [9.17, 15) is 10.2 Å². The average molecular weight is 246 g/mol. The largest absolute Gasteiger partial charge is 0.394 e. The van der Waals surface area contributed by atoms with Crippen LogP contribution in [-0.2, 0) is 4.74 Å². The van der Waals surface area contributed by atoms with Gasteiger partial charge in [-0.25, -0.2) is 0 Å². The maximum atomic E-state index is 9.76. The van der Waals surface area contributed by atoms with Crippen LogP contribution in [-0.4, -0.2) is 45.2 Å². The molecule has 2 heterocycles. The van der Waals surface area contributed by atoms with Crippen molar-refractivity contribution in [3.8, 4) is 0 Å². The van der Waals surface area contributed by atoms with Crippen molar-refractivity contribution in [3.63, 3.8) is 0 Å². The van der Waals surface area contributed by atoms with Crippen molar-refractivity contribution in [1.82, 2.24) is 4.98 Å². The van der Waals surface area contributed by atoms with Crippen molar-refractivity contribution in [2.45, 2.75) is 24.4 Å². The van der Waals surface area contributed by atoms with Crippen molar-refractivity contribution < 1.29 is 20.1 Å². The van der Waals surface area contributed by atoms with E-state index in [-0.39, 0.29) is 6.61 Å². The molecule has 0 unspecified atom stereocenters. The molecule has 1 fully saturated rings. The van der Waals surface area contributed by atoms with Gasteiger partial charge in [-0.2, -0.15) is 0 Å². The SMILES string of the molecule is OC[C@H]1O[C@H](c2cnccc2Cl)[C@H](O)[C@@H]1O. The van der Waals surface area contributed by atoms with Crippen LogP contribution < -0.4 is 0 Å². The molecular formula is C10H12ClNO4. The van der Waals surface area contributed by atoms with Gasteiger partial charge in [-0.15, -0.1) is 0 Å². The summed E-state index contributed by atoms with van der Waals surface area (Å²) in [5, 5.41) is 28.7. The Bertz CT molecular complexity index is 376. The average Bonchev–Trinajstić information content (AvgIpc) is 2.57. The monoisotopic (exact) mass is 245 g/mol. The van der Waals surface area contributed by atoms with E-state index >= 15 is 0 Å². The van der Waals surface area contributed by atoms with Crippen molar-refractivity contribution in [1.29, 1.82) is 0 Å². The summed E-state index contributed by atoms with van der Waals surface area (Å²) >= 11 is 5.93. The van der Waals surface area contributed by atoms with Gasteiger partial charge in [-0.3, -0.25) is 4.98 Å². The lowest BCUT2D eigenvalue weighted by Gasteiger charge is -2.15. The third-order valence-corrected chi connectivity index (χ3v) is 2.99. The molecule has 16 heavy (non-hydrogen) atoms. The molecule has 0 saturated carbocycles. The van der Waals surface area contributed by atoms with Crippen LogP contribution in [0.4, 0.5) is 0 Å². The second-order valence-corrected chi connectivity index (χ2v) is 4.06. The molecule has 0 aromatic carbocycles. The molecule has 2 rings (SSSR count). The number of hydrogen-bond donors (Lipinski definition) is 3. The first-order valence-electron chi connectivity index (χ1n) is 4.87. The van der Waals surface area contributed by atoms with E-state index in [0.29, 0.717) is 10.6 Å². The Morgan fingerprint density at radius 2 is 2.12 bits per heavy atom. The molecule has 1 aromatic heterocycles. The second kappa shape index (κ2) is 4.65. The number of hydrogen-bond acceptors (Lipinski definition) is 5. The molecule has 0 bridgehead atoms. The van der Waals surface area contributed by atoms with Crippen LogP contribution in [0.25, 0.3) is 0 Å². The van der Waals surface area contributed by atoms with Crippen LogP contribution in [0.2, 0.25) is 5.02 Å². The van der Waals surface area contributed by atoms with Gasteiger partial charge >= 0.3 is 0 Å². The topological polar surface area (TPSA) is 82.8 Å². The number of aliphatic hydroxyl groups excluding tert-OH is 3. The van der Waals surface area contributed by atoms with Crippen LogP contribution in [0.3, 0.4) is 0 Å². The smallest absolute Gasteiger partial charge is 0.115 e. The summed E-state index contributed by atoms with van der Waals surface area (Å²) in [7, 11) is 0. The Morgan fingerprint density at radius 1 is 1.38 bits per heavy atom. The fraction of sp³-hybridized carbons (Fsp3) is 0.500. The van der Waals surface area contributed by atoms with Gasteiger partial charge in [0.2, 0.25) is 0 Å². The molecule has 6 heteroatoms. The molecule has 0 radical (unpaired) electrons. The van der Waals surface area contributed by atoms with E-state index < -0.39 is 24.4 Å². The summed E-state index contributed by atoms with van der Waals surface area (Å²) in [5.41, 5.74) is 0.506. The summed E-state index contributed by atoms with van der Waals surface area (Å²) < 4.78 is 5.33. The molecular weight excluding hydrogens is 234 g/mol. The molecule has 0 spiro atoms. The van der Waals surface area contributed by atoms with Gasteiger partial charge in [0.25, 0.3) is 0 Å². The highest BCUT2D eigenvalue weighted by Crippen LogP contribution is 2.36. The predicted molar refractivity (Wildman–Crippen MR) is 56.0 cm³/mol. The van der Waals surface area contributed by atoms with E-state index in [4.69, 9.17) is 21.4 Å². The summed E-state index contributed by atoms with van der Waals surface area (Å²) in [4.78, 5) is 3.88. The first-order valence-corrected chi connectivity index (χ1v) is 5.24. The van der Waals surface area contributed by atoms with Gasteiger partial charge in [-0.05, 0) is 6.07 Å². The minimum atomic E-state index is -1.12. The first kappa shape index (κ1) is 11.8. The van der Waals surface area contributed by atoms with Crippen LogP contribution in [0.1, 0.15) is 11.7 Å². The molecule has 1 saturated heterocycles. The fourth-order valence-corrected chi connectivity index (χ4v) is 1.97. The highest BCUT2D eigenvalue weighted by molar-refractivity contribution is 6.31.